The van der Waals surface area contributed by atoms with Gasteiger partial charge in [-0.15, -0.1) is 11.8 Å². The number of ether oxygens (including phenoxy) is 1. The number of nitrogens with one attached hydrogen (secondary N) is 1. The molecule has 0 aliphatic heterocycles. The summed E-state index contributed by atoms with van der Waals surface area (Å²) in [4.78, 5) is 29.0. The van der Waals surface area contributed by atoms with Crippen LogP contribution < -0.4 is 10.1 Å². The van der Waals surface area contributed by atoms with Crippen molar-refractivity contribution in [3.8, 4) is 5.75 Å². The number of hydrogen-bond donors (Lipinski definition) is 1. The minimum absolute atomic E-state index is 0.0560. The molecule has 2 aromatic rings. The van der Waals surface area contributed by atoms with E-state index in [1.54, 1.807) is 12.0 Å². The minimum Gasteiger partial charge on any atom is -0.497 e. The molecule has 2 amide bonds. The molecule has 2 rings (SSSR count). The van der Waals surface area contributed by atoms with Crippen molar-refractivity contribution < 1.29 is 14.3 Å². The third-order valence-corrected chi connectivity index (χ3v) is 6.25. The molecular formula is C25H34N2O3S. The number of benzene rings is 2. The van der Waals surface area contributed by atoms with Gasteiger partial charge in [-0.25, -0.2) is 0 Å². The molecule has 2 atom stereocenters. The van der Waals surface area contributed by atoms with Gasteiger partial charge in [-0.2, -0.15) is 0 Å². The summed E-state index contributed by atoms with van der Waals surface area (Å²) < 4.78 is 5.33. The first-order chi connectivity index (χ1) is 14.9. The van der Waals surface area contributed by atoms with E-state index in [0.717, 1.165) is 22.6 Å². The molecule has 0 fully saturated rings. The van der Waals surface area contributed by atoms with Crippen LogP contribution in [0.3, 0.4) is 0 Å². The Morgan fingerprint density at radius 3 is 2.42 bits per heavy atom. The highest BCUT2D eigenvalue weighted by atomic mass is 32.2. The number of hydrogen-bond acceptors (Lipinski definition) is 4. The van der Waals surface area contributed by atoms with Crippen molar-refractivity contribution in [3.05, 3.63) is 59.7 Å². The maximum absolute atomic E-state index is 13.3. The summed E-state index contributed by atoms with van der Waals surface area (Å²) in [6.45, 7) is 8.35. The van der Waals surface area contributed by atoms with Crippen molar-refractivity contribution in [2.24, 2.45) is 0 Å². The normalized spacial score (nSPS) is 12.7. The fourth-order valence-electron chi connectivity index (χ4n) is 3.19. The van der Waals surface area contributed by atoms with E-state index < -0.39 is 6.04 Å². The van der Waals surface area contributed by atoms with Crippen LogP contribution in [0, 0.1) is 6.92 Å². The predicted molar refractivity (Wildman–Crippen MR) is 127 cm³/mol. The summed E-state index contributed by atoms with van der Waals surface area (Å²) in [7, 11) is 1.62. The summed E-state index contributed by atoms with van der Waals surface area (Å²) in [5, 5.41) is 3.04. The van der Waals surface area contributed by atoms with Gasteiger partial charge in [0.05, 0.1) is 12.9 Å². The number of rotatable bonds is 11. The highest BCUT2D eigenvalue weighted by molar-refractivity contribution is 8.00. The molecule has 2 aromatic carbocycles. The number of carbonyl (C=O) groups is 2. The summed E-state index contributed by atoms with van der Waals surface area (Å²) >= 11 is 1.49. The lowest BCUT2D eigenvalue weighted by molar-refractivity contribution is -0.139. The quantitative estimate of drug-likeness (QED) is 0.507. The van der Waals surface area contributed by atoms with Gasteiger partial charge in [0.1, 0.15) is 11.8 Å². The second-order valence-corrected chi connectivity index (χ2v) is 8.77. The molecule has 31 heavy (non-hydrogen) atoms. The molecule has 0 aliphatic rings. The predicted octanol–water partition coefficient (Wildman–Crippen LogP) is 4.82. The van der Waals surface area contributed by atoms with E-state index in [2.05, 4.69) is 5.32 Å². The van der Waals surface area contributed by atoms with Crippen LogP contribution in [0.15, 0.2) is 53.4 Å². The number of thioether (sulfide) groups is 1. The number of methoxy groups -OCH3 is 1. The first-order valence-corrected chi connectivity index (χ1v) is 11.8. The average Bonchev–Trinajstić information content (AvgIpc) is 2.78. The number of amides is 2. The number of nitrogens with zero attached hydrogens (tertiary/aromatic N) is 1. The third-order valence-electron chi connectivity index (χ3n) is 5.26. The molecule has 5 nitrogen and oxygen atoms in total. The van der Waals surface area contributed by atoms with Gasteiger partial charge in [0.25, 0.3) is 0 Å². The molecule has 1 N–H and O–H groups in total. The van der Waals surface area contributed by atoms with Gasteiger partial charge >= 0.3 is 0 Å². The maximum atomic E-state index is 13.3. The van der Waals surface area contributed by atoms with Crippen LogP contribution in [0.2, 0.25) is 0 Å². The second kappa shape index (κ2) is 12.4. The van der Waals surface area contributed by atoms with E-state index in [-0.39, 0.29) is 23.6 Å². The van der Waals surface area contributed by atoms with Crippen molar-refractivity contribution in [2.75, 3.05) is 12.9 Å². The van der Waals surface area contributed by atoms with Crippen molar-refractivity contribution in [1.82, 2.24) is 10.2 Å². The Morgan fingerprint density at radius 2 is 1.81 bits per heavy atom. The van der Waals surface area contributed by atoms with Gasteiger partial charge in [-0.3, -0.25) is 9.59 Å². The lowest BCUT2D eigenvalue weighted by Gasteiger charge is -2.31. The Kier molecular flexibility index (Phi) is 9.92. The minimum atomic E-state index is -0.522. The molecule has 0 heterocycles. The largest absolute Gasteiger partial charge is 0.497 e. The molecule has 0 saturated carbocycles. The molecule has 0 bridgehead atoms. The maximum Gasteiger partial charge on any atom is 0.243 e. The summed E-state index contributed by atoms with van der Waals surface area (Å²) in [6.07, 6.45) is 1.39. The second-order valence-electron chi connectivity index (χ2n) is 7.72. The highest BCUT2D eigenvalue weighted by Gasteiger charge is 2.29. The van der Waals surface area contributed by atoms with Crippen LogP contribution in [0.4, 0.5) is 0 Å². The Labute approximate surface area is 190 Å². The zero-order valence-corrected chi connectivity index (χ0v) is 20.0. The van der Waals surface area contributed by atoms with E-state index in [9.17, 15) is 9.59 Å². The first-order valence-electron chi connectivity index (χ1n) is 10.8. The van der Waals surface area contributed by atoms with E-state index >= 15 is 0 Å². The van der Waals surface area contributed by atoms with Crippen molar-refractivity contribution in [3.63, 3.8) is 0 Å². The zero-order valence-electron chi connectivity index (χ0n) is 19.2. The molecule has 0 spiro atoms. The molecule has 0 aromatic heterocycles. The van der Waals surface area contributed by atoms with E-state index in [4.69, 9.17) is 4.74 Å². The Balaban J connectivity index is 2.22. The van der Waals surface area contributed by atoms with Gasteiger partial charge in [-0.05, 0) is 56.5 Å². The van der Waals surface area contributed by atoms with E-state index in [1.807, 2.05) is 76.2 Å². The lowest BCUT2D eigenvalue weighted by atomic mass is 10.1. The van der Waals surface area contributed by atoms with Crippen molar-refractivity contribution >= 4 is 23.6 Å². The van der Waals surface area contributed by atoms with Crippen LogP contribution in [-0.2, 0) is 16.1 Å². The fraction of sp³-hybridized carbons (Fsp3) is 0.440. The molecular weight excluding hydrogens is 408 g/mol. The van der Waals surface area contributed by atoms with Crippen molar-refractivity contribution in [1.29, 1.82) is 0 Å². The standard InChI is InChI=1S/C25H34N2O3S/c1-6-19(4)26-25(29)23(7-2)27(16-20-9-8-10-21(15-20)30-5)24(28)17-31-22-13-11-18(3)12-14-22/h8-15,19,23H,6-7,16-17H2,1-5H3,(H,26,29)/t19-,23-/m1/s1. The van der Waals surface area contributed by atoms with Crippen LogP contribution in [0.5, 0.6) is 5.75 Å². The molecule has 168 valence electrons. The van der Waals surface area contributed by atoms with Gasteiger partial charge in [0.15, 0.2) is 0 Å². The third kappa shape index (κ3) is 7.62. The van der Waals surface area contributed by atoms with Crippen LogP contribution >= 0.6 is 11.8 Å². The molecule has 0 saturated heterocycles. The average molecular weight is 443 g/mol. The molecule has 6 heteroatoms. The number of carbonyl (C=O) groups excluding carboxylic acids is 2. The van der Waals surface area contributed by atoms with Crippen LogP contribution in [0.25, 0.3) is 0 Å². The fourth-order valence-corrected chi connectivity index (χ4v) is 3.98. The first kappa shape index (κ1) is 24.8. The monoisotopic (exact) mass is 442 g/mol. The highest BCUT2D eigenvalue weighted by Crippen LogP contribution is 2.22. The summed E-state index contributed by atoms with van der Waals surface area (Å²) in [6, 6.07) is 15.3. The van der Waals surface area contributed by atoms with Crippen molar-refractivity contribution in [2.45, 2.75) is 64.1 Å². The topological polar surface area (TPSA) is 58.6 Å². The van der Waals surface area contributed by atoms with Crippen LogP contribution in [0.1, 0.15) is 44.7 Å². The van der Waals surface area contributed by atoms with Gasteiger partial charge in [-0.1, -0.05) is 43.7 Å². The van der Waals surface area contributed by atoms with Crippen LogP contribution in [-0.4, -0.2) is 41.7 Å². The Bertz CT molecular complexity index is 854. The Hall–Kier alpha value is -2.47. The lowest BCUT2D eigenvalue weighted by Crippen LogP contribution is -2.51. The summed E-state index contributed by atoms with van der Waals surface area (Å²) in [5.74, 6) is 0.851. The Morgan fingerprint density at radius 1 is 1.10 bits per heavy atom. The van der Waals surface area contributed by atoms with Gasteiger partial charge in [0, 0.05) is 17.5 Å². The SMILES string of the molecule is CC[C@@H](C)NC(=O)[C@@H](CC)N(Cc1cccc(OC)c1)C(=O)CSc1ccc(C)cc1. The zero-order chi connectivity index (χ0) is 22.8. The van der Waals surface area contributed by atoms with E-state index in [0.29, 0.717) is 13.0 Å². The number of aryl methyl sites for hydroxylation is 1. The molecule has 0 aliphatic carbocycles. The van der Waals surface area contributed by atoms with Gasteiger partial charge in [0.2, 0.25) is 11.8 Å². The molecule has 0 radical (unpaired) electrons. The smallest absolute Gasteiger partial charge is 0.243 e. The molecule has 0 unspecified atom stereocenters. The van der Waals surface area contributed by atoms with Gasteiger partial charge < -0.3 is 15.0 Å². The summed E-state index contributed by atoms with van der Waals surface area (Å²) in [5.41, 5.74) is 2.12. The van der Waals surface area contributed by atoms with E-state index in [1.165, 1.54) is 17.3 Å².